The lowest BCUT2D eigenvalue weighted by atomic mass is 10.00. The van der Waals surface area contributed by atoms with E-state index in [1.165, 1.54) is 6.07 Å². The summed E-state index contributed by atoms with van der Waals surface area (Å²) in [5, 5.41) is 9.61. The van der Waals surface area contributed by atoms with Crippen molar-refractivity contribution in [3.8, 4) is 0 Å². The lowest BCUT2D eigenvalue weighted by molar-refractivity contribution is 0.122. The van der Waals surface area contributed by atoms with Crippen LogP contribution in [-0.4, -0.2) is 10.1 Å². The molecule has 0 aliphatic heterocycles. The maximum absolute atomic E-state index is 13.1. The third-order valence-electron chi connectivity index (χ3n) is 1.80. The van der Waals surface area contributed by atoms with Crippen molar-refractivity contribution in [3.63, 3.8) is 0 Å². The number of aliphatic hydroxyl groups excluding tert-OH is 1. The van der Waals surface area contributed by atoms with Gasteiger partial charge in [0, 0.05) is 5.56 Å². The Kier molecular flexibility index (Phi) is 3.39. The molecule has 2 nitrogen and oxygen atoms in total. The minimum absolute atomic E-state index is 0.0104. The van der Waals surface area contributed by atoms with Gasteiger partial charge in [-0.2, -0.15) is 0 Å². The van der Waals surface area contributed by atoms with Crippen molar-refractivity contribution in [2.45, 2.75) is 20.0 Å². The number of hydrogen-bond acceptors (Lipinski definition) is 2. The van der Waals surface area contributed by atoms with Crippen LogP contribution in [0.4, 0.5) is 4.39 Å². The van der Waals surface area contributed by atoms with Crippen LogP contribution < -0.4 is 0 Å². The average Bonchev–Trinajstić information content (AvgIpc) is 2.08. The fraction of sp³-hybridized carbons (Fsp3) is 0.444. The van der Waals surface area contributed by atoms with Gasteiger partial charge in [0.05, 0.1) is 12.3 Å². The molecule has 1 atom stereocenters. The van der Waals surface area contributed by atoms with Gasteiger partial charge in [0.1, 0.15) is 10.4 Å². The summed E-state index contributed by atoms with van der Waals surface area (Å²) in [5.41, 5.74) is 0.289. The van der Waals surface area contributed by atoms with Crippen molar-refractivity contribution in [1.29, 1.82) is 0 Å². The van der Waals surface area contributed by atoms with Crippen molar-refractivity contribution in [3.05, 3.63) is 28.2 Å². The molecule has 1 aromatic rings. The Morgan fingerprint density at radius 1 is 1.54 bits per heavy atom. The molecule has 4 heteroatoms. The summed E-state index contributed by atoms with van der Waals surface area (Å²) in [7, 11) is 0. The molecule has 0 aromatic carbocycles. The Morgan fingerprint density at radius 3 is 2.69 bits per heavy atom. The van der Waals surface area contributed by atoms with Gasteiger partial charge < -0.3 is 5.11 Å². The van der Waals surface area contributed by atoms with Gasteiger partial charge in [-0.05, 0) is 27.9 Å². The van der Waals surface area contributed by atoms with Crippen LogP contribution in [-0.2, 0) is 0 Å². The Morgan fingerprint density at radius 2 is 2.15 bits per heavy atom. The van der Waals surface area contributed by atoms with Crippen LogP contribution in [0.5, 0.6) is 0 Å². The molecule has 72 valence electrons. The molecule has 1 aromatic heterocycles. The van der Waals surface area contributed by atoms with Gasteiger partial charge in [-0.3, -0.25) is 0 Å². The number of aliphatic hydroxyl groups is 1. The highest BCUT2D eigenvalue weighted by Gasteiger charge is 2.16. The van der Waals surface area contributed by atoms with Crippen LogP contribution in [0.25, 0.3) is 0 Å². The second kappa shape index (κ2) is 4.15. The van der Waals surface area contributed by atoms with Crippen LogP contribution >= 0.6 is 15.9 Å². The number of aromatic nitrogens is 1. The molecule has 0 saturated heterocycles. The summed E-state index contributed by atoms with van der Waals surface area (Å²) in [6.07, 6.45) is 0.324. The summed E-state index contributed by atoms with van der Waals surface area (Å²) in [6, 6.07) is 1.50. The highest BCUT2D eigenvalue weighted by atomic mass is 79.9. The molecule has 0 radical (unpaired) electrons. The molecule has 0 aliphatic rings. The quantitative estimate of drug-likeness (QED) is 0.816. The first-order valence-corrected chi connectivity index (χ1v) is 4.80. The van der Waals surface area contributed by atoms with Crippen molar-refractivity contribution in [2.75, 3.05) is 0 Å². The molecule has 0 spiro atoms. The van der Waals surface area contributed by atoms with Crippen LogP contribution in [0.2, 0.25) is 0 Å². The Hall–Kier alpha value is -0.480. The van der Waals surface area contributed by atoms with E-state index in [4.69, 9.17) is 0 Å². The number of nitrogens with zero attached hydrogens (tertiary/aromatic N) is 1. The predicted octanol–water partition coefficient (Wildman–Crippen LogP) is 2.67. The highest BCUT2D eigenvalue weighted by molar-refractivity contribution is 9.10. The van der Waals surface area contributed by atoms with E-state index in [2.05, 4.69) is 20.9 Å². The largest absolute Gasteiger partial charge is 0.388 e. The Labute approximate surface area is 84.9 Å². The summed E-state index contributed by atoms with van der Waals surface area (Å²) in [5.74, 6) is -0.479. The average molecular weight is 248 g/mol. The molecular formula is C9H11BrFNO. The van der Waals surface area contributed by atoms with Crippen LogP contribution in [0.3, 0.4) is 0 Å². The molecule has 0 aliphatic carbocycles. The number of hydrogen-bond donors (Lipinski definition) is 1. The lowest BCUT2D eigenvalue weighted by Crippen LogP contribution is -2.08. The van der Waals surface area contributed by atoms with Crippen LogP contribution in [0.1, 0.15) is 25.5 Å². The molecule has 1 rings (SSSR count). The number of pyridine rings is 1. The molecule has 0 fully saturated rings. The van der Waals surface area contributed by atoms with Gasteiger partial charge in [0.25, 0.3) is 0 Å². The predicted molar refractivity (Wildman–Crippen MR) is 51.7 cm³/mol. The lowest BCUT2D eigenvalue weighted by Gasteiger charge is -2.15. The molecule has 0 bridgehead atoms. The summed E-state index contributed by atoms with van der Waals surface area (Å²) >= 11 is 3.12. The fourth-order valence-electron chi connectivity index (χ4n) is 1.01. The molecule has 1 unspecified atom stereocenters. The molecule has 13 heavy (non-hydrogen) atoms. The van der Waals surface area contributed by atoms with E-state index in [-0.39, 0.29) is 11.5 Å². The van der Waals surface area contributed by atoms with Crippen molar-refractivity contribution in [1.82, 2.24) is 4.98 Å². The zero-order chi connectivity index (χ0) is 10.0. The number of halogens is 2. The molecule has 1 heterocycles. The van der Waals surface area contributed by atoms with Crippen LogP contribution in [0.15, 0.2) is 16.9 Å². The molecular weight excluding hydrogens is 237 g/mol. The summed E-state index contributed by atoms with van der Waals surface area (Å²) in [6.45, 7) is 3.66. The summed E-state index contributed by atoms with van der Waals surface area (Å²) < 4.78 is 13.7. The van der Waals surface area contributed by atoms with E-state index in [1.54, 1.807) is 0 Å². The maximum atomic E-state index is 13.1. The van der Waals surface area contributed by atoms with Gasteiger partial charge >= 0.3 is 0 Å². The van der Waals surface area contributed by atoms with Crippen molar-refractivity contribution in [2.24, 2.45) is 5.92 Å². The second-order valence-electron chi connectivity index (χ2n) is 3.22. The molecule has 0 saturated carbocycles. The molecule has 0 amide bonds. The Balaban J connectivity index is 3.05. The third kappa shape index (κ3) is 2.48. The monoisotopic (exact) mass is 247 g/mol. The minimum atomic E-state index is -0.778. The highest BCUT2D eigenvalue weighted by Crippen LogP contribution is 2.25. The smallest absolute Gasteiger partial charge is 0.147 e. The normalized spacial score (nSPS) is 13.4. The van der Waals surface area contributed by atoms with E-state index in [9.17, 15) is 9.50 Å². The topological polar surface area (TPSA) is 33.1 Å². The third-order valence-corrected chi connectivity index (χ3v) is 2.24. The molecule has 1 N–H and O–H groups in total. The maximum Gasteiger partial charge on any atom is 0.147 e. The fourth-order valence-corrected chi connectivity index (χ4v) is 1.36. The van der Waals surface area contributed by atoms with Crippen molar-refractivity contribution >= 4 is 15.9 Å². The zero-order valence-corrected chi connectivity index (χ0v) is 9.05. The van der Waals surface area contributed by atoms with E-state index in [0.717, 1.165) is 6.20 Å². The standard InChI is InChI=1S/C9H11BrFNO/c1-5(2)9(13)6-3-8(10)12-4-7(6)11/h3-5,9,13H,1-2H3. The van der Waals surface area contributed by atoms with Crippen LogP contribution in [0, 0.1) is 11.7 Å². The van der Waals surface area contributed by atoms with Gasteiger partial charge in [0.2, 0.25) is 0 Å². The number of rotatable bonds is 2. The van der Waals surface area contributed by atoms with E-state index in [1.807, 2.05) is 13.8 Å². The summed E-state index contributed by atoms with van der Waals surface area (Å²) in [4.78, 5) is 3.71. The van der Waals surface area contributed by atoms with Crippen molar-refractivity contribution < 1.29 is 9.50 Å². The Bertz CT molecular complexity index is 304. The first-order chi connectivity index (χ1) is 6.02. The van der Waals surface area contributed by atoms with Gasteiger partial charge in [-0.15, -0.1) is 0 Å². The van der Waals surface area contributed by atoms with Gasteiger partial charge in [-0.1, -0.05) is 13.8 Å². The second-order valence-corrected chi connectivity index (χ2v) is 4.03. The van der Waals surface area contributed by atoms with Gasteiger partial charge in [0.15, 0.2) is 0 Å². The SMILES string of the molecule is CC(C)C(O)c1cc(Br)ncc1F. The first kappa shape index (κ1) is 10.6. The first-order valence-electron chi connectivity index (χ1n) is 4.01. The van der Waals surface area contributed by atoms with E-state index in [0.29, 0.717) is 4.60 Å². The minimum Gasteiger partial charge on any atom is -0.388 e. The van der Waals surface area contributed by atoms with E-state index >= 15 is 0 Å². The zero-order valence-electron chi connectivity index (χ0n) is 7.46. The van der Waals surface area contributed by atoms with Gasteiger partial charge in [-0.25, -0.2) is 9.37 Å². The van der Waals surface area contributed by atoms with E-state index < -0.39 is 11.9 Å².